The Bertz CT molecular complexity index is 1570. The summed E-state index contributed by atoms with van der Waals surface area (Å²) in [5.74, 6) is 0. The van der Waals surface area contributed by atoms with Crippen LogP contribution in [0, 0.1) is 0 Å². The predicted octanol–water partition coefficient (Wildman–Crippen LogP) is 7.24. The third-order valence-electron chi connectivity index (χ3n) is 6.58. The van der Waals surface area contributed by atoms with Gasteiger partial charge in [-0.05, 0) is 45.0 Å². The molecule has 1 aliphatic heterocycles. The second-order valence-corrected chi connectivity index (χ2v) is 10.6. The highest BCUT2D eigenvalue weighted by atomic mass is 32.2. The lowest BCUT2D eigenvalue weighted by molar-refractivity contribution is 0.565. The van der Waals surface area contributed by atoms with Gasteiger partial charge in [0.1, 0.15) is 0 Å². The summed E-state index contributed by atoms with van der Waals surface area (Å²) >= 11 is 0. The van der Waals surface area contributed by atoms with E-state index in [1.54, 1.807) is 0 Å². The van der Waals surface area contributed by atoms with Gasteiger partial charge in [0, 0.05) is 5.56 Å². The summed E-state index contributed by atoms with van der Waals surface area (Å²) in [7, 11) is -3.48. The second-order valence-electron chi connectivity index (χ2n) is 8.49. The SMILES string of the molecule is O=S1(=O)c2c(c(-c3ccccc3)c3ccccc3c2-c2ccccc2)C1Cc1ccccc1. The summed E-state index contributed by atoms with van der Waals surface area (Å²) < 4.78 is 27.7. The highest BCUT2D eigenvalue weighted by Gasteiger charge is 2.47. The van der Waals surface area contributed by atoms with Crippen LogP contribution in [0.15, 0.2) is 120 Å². The minimum Gasteiger partial charge on any atom is -0.223 e. The molecular formula is C30H22O2S. The molecule has 0 aromatic heterocycles. The van der Waals surface area contributed by atoms with Gasteiger partial charge in [0.2, 0.25) is 0 Å². The maximum Gasteiger partial charge on any atom is 0.186 e. The Hall–Kier alpha value is -3.69. The highest BCUT2D eigenvalue weighted by Crippen LogP contribution is 2.56. The Kier molecular flexibility index (Phi) is 4.67. The molecule has 5 aromatic rings. The average Bonchev–Trinajstić information content (AvgIpc) is 2.87. The average molecular weight is 447 g/mol. The molecule has 1 unspecified atom stereocenters. The van der Waals surface area contributed by atoms with E-state index >= 15 is 0 Å². The van der Waals surface area contributed by atoms with Crippen molar-refractivity contribution in [2.75, 3.05) is 0 Å². The number of fused-ring (bicyclic) bond motifs is 2. The van der Waals surface area contributed by atoms with Gasteiger partial charge in [0.25, 0.3) is 0 Å². The summed E-state index contributed by atoms with van der Waals surface area (Å²) in [5, 5.41) is 1.51. The number of benzene rings is 5. The third kappa shape index (κ3) is 3.12. The Labute approximate surface area is 194 Å². The van der Waals surface area contributed by atoms with Crippen molar-refractivity contribution in [2.45, 2.75) is 16.6 Å². The first-order valence-electron chi connectivity index (χ1n) is 11.1. The van der Waals surface area contributed by atoms with Gasteiger partial charge in [-0.1, -0.05) is 115 Å². The molecule has 1 aliphatic rings. The monoisotopic (exact) mass is 446 g/mol. The molecule has 33 heavy (non-hydrogen) atoms. The molecule has 0 aliphatic carbocycles. The smallest absolute Gasteiger partial charge is 0.186 e. The Morgan fingerprint density at radius 2 is 1.00 bits per heavy atom. The van der Waals surface area contributed by atoms with Crippen LogP contribution in [0.25, 0.3) is 33.0 Å². The van der Waals surface area contributed by atoms with Crippen LogP contribution < -0.4 is 0 Å². The van der Waals surface area contributed by atoms with Gasteiger partial charge >= 0.3 is 0 Å². The molecule has 0 amide bonds. The van der Waals surface area contributed by atoms with E-state index in [0.717, 1.165) is 44.2 Å². The van der Waals surface area contributed by atoms with Crippen LogP contribution in [-0.2, 0) is 16.3 Å². The van der Waals surface area contributed by atoms with E-state index in [9.17, 15) is 8.42 Å². The van der Waals surface area contributed by atoms with Crippen LogP contribution in [0.4, 0.5) is 0 Å². The quantitative estimate of drug-likeness (QED) is 0.291. The summed E-state index contributed by atoms with van der Waals surface area (Å²) in [6.07, 6.45) is 0.475. The molecule has 5 aromatic carbocycles. The maximum absolute atomic E-state index is 13.9. The van der Waals surface area contributed by atoms with E-state index in [0.29, 0.717) is 11.3 Å². The maximum atomic E-state index is 13.9. The summed E-state index contributed by atoms with van der Waals surface area (Å²) in [6.45, 7) is 0. The van der Waals surface area contributed by atoms with Gasteiger partial charge in [0.05, 0.1) is 10.1 Å². The minimum atomic E-state index is -3.48. The van der Waals surface area contributed by atoms with Crippen LogP contribution in [0.1, 0.15) is 16.4 Å². The fourth-order valence-corrected chi connectivity index (χ4v) is 7.24. The van der Waals surface area contributed by atoms with Gasteiger partial charge in [-0.2, -0.15) is 0 Å². The van der Waals surface area contributed by atoms with Crippen molar-refractivity contribution in [3.05, 3.63) is 126 Å². The number of rotatable bonds is 4. The van der Waals surface area contributed by atoms with Gasteiger partial charge in [0.15, 0.2) is 9.84 Å². The number of hydrogen-bond donors (Lipinski definition) is 0. The molecule has 1 atom stereocenters. The fourth-order valence-electron chi connectivity index (χ4n) is 5.12. The van der Waals surface area contributed by atoms with Crippen LogP contribution in [-0.4, -0.2) is 8.42 Å². The summed E-state index contributed by atoms with van der Waals surface area (Å²) in [5.41, 5.74) is 5.83. The van der Waals surface area contributed by atoms with Crippen LogP contribution in [0.5, 0.6) is 0 Å². The lowest BCUT2D eigenvalue weighted by Crippen LogP contribution is -2.30. The molecule has 1 heterocycles. The van der Waals surface area contributed by atoms with Crippen molar-refractivity contribution in [1.29, 1.82) is 0 Å². The molecule has 0 bridgehead atoms. The van der Waals surface area contributed by atoms with E-state index in [4.69, 9.17) is 0 Å². The first-order chi connectivity index (χ1) is 16.2. The van der Waals surface area contributed by atoms with Crippen LogP contribution in [0.2, 0.25) is 0 Å². The highest BCUT2D eigenvalue weighted by molar-refractivity contribution is 7.93. The van der Waals surface area contributed by atoms with Gasteiger partial charge < -0.3 is 0 Å². The van der Waals surface area contributed by atoms with E-state index < -0.39 is 15.1 Å². The molecule has 3 heteroatoms. The fraction of sp³-hybridized carbons (Fsp3) is 0.0667. The van der Waals surface area contributed by atoms with Crippen molar-refractivity contribution >= 4 is 20.6 Å². The standard InChI is InChI=1S/C30H22O2S/c31-33(32)26(20-21-12-4-1-5-13-21)29-27(22-14-6-2-7-15-22)24-18-10-11-19-25(24)28(30(29)33)23-16-8-3-9-17-23/h1-19,26H,20H2. The van der Waals surface area contributed by atoms with Gasteiger partial charge in [-0.25, -0.2) is 8.42 Å². The Morgan fingerprint density at radius 3 is 1.58 bits per heavy atom. The molecule has 0 fully saturated rings. The molecule has 6 rings (SSSR count). The Morgan fingerprint density at radius 1 is 0.545 bits per heavy atom. The summed E-state index contributed by atoms with van der Waals surface area (Å²) in [4.78, 5) is 0.493. The molecule has 0 saturated heterocycles. The molecule has 160 valence electrons. The molecule has 0 N–H and O–H groups in total. The van der Waals surface area contributed by atoms with E-state index in [2.05, 4.69) is 18.2 Å². The number of sulfone groups is 1. The first kappa shape index (κ1) is 20.0. The lowest BCUT2D eigenvalue weighted by Gasteiger charge is -2.36. The van der Waals surface area contributed by atoms with E-state index in [1.165, 1.54) is 0 Å². The third-order valence-corrected chi connectivity index (χ3v) is 8.72. The molecule has 0 saturated carbocycles. The first-order valence-corrected chi connectivity index (χ1v) is 12.7. The zero-order valence-corrected chi connectivity index (χ0v) is 18.8. The zero-order valence-electron chi connectivity index (χ0n) is 18.0. The number of hydrogen-bond acceptors (Lipinski definition) is 2. The zero-order chi connectivity index (χ0) is 22.4. The minimum absolute atomic E-state index is 0.475. The van der Waals surface area contributed by atoms with Crippen LogP contribution in [0.3, 0.4) is 0 Å². The van der Waals surface area contributed by atoms with E-state index in [-0.39, 0.29) is 0 Å². The van der Waals surface area contributed by atoms with Crippen LogP contribution >= 0.6 is 0 Å². The largest absolute Gasteiger partial charge is 0.223 e. The van der Waals surface area contributed by atoms with E-state index in [1.807, 2.05) is 97.1 Å². The van der Waals surface area contributed by atoms with Crippen molar-refractivity contribution in [3.8, 4) is 22.3 Å². The molecule has 0 spiro atoms. The van der Waals surface area contributed by atoms with Crippen molar-refractivity contribution in [1.82, 2.24) is 0 Å². The van der Waals surface area contributed by atoms with Crippen molar-refractivity contribution < 1.29 is 8.42 Å². The molecule has 2 nitrogen and oxygen atoms in total. The molecule has 0 radical (unpaired) electrons. The second kappa shape index (κ2) is 7.72. The summed E-state index contributed by atoms with van der Waals surface area (Å²) in [6, 6.07) is 38.2. The van der Waals surface area contributed by atoms with Crippen molar-refractivity contribution in [2.24, 2.45) is 0 Å². The normalized spacial score (nSPS) is 16.2. The van der Waals surface area contributed by atoms with Gasteiger partial charge in [-0.15, -0.1) is 0 Å². The topological polar surface area (TPSA) is 34.1 Å². The Balaban J connectivity index is 1.73. The van der Waals surface area contributed by atoms with Crippen molar-refractivity contribution in [3.63, 3.8) is 0 Å². The predicted molar refractivity (Wildman–Crippen MR) is 135 cm³/mol. The molecular weight excluding hydrogens is 424 g/mol. The lowest BCUT2D eigenvalue weighted by atomic mass is 9.85. The van der Waals surface area contributed by atoms with Gasteiger partial charge in [-0.3, -0.25) is 0 Å².